The highest BCUT2D eigenvalue weighted by molar-refractivity contribution is 7.17. The smallest absolute Gasteiger partial charge is 0.339 e. The van der Waals surface area contributed by atoms with Gasteiger partial charge in [0.2, 0.25) is 5.91 Å². The predicted molar refractivity (Wildman–Crippen MR) is 110 cm³/mol. The second-order valence-corrected chi connectivity index (χ2v) is 7.37. The van der Waals surface area contributed by atoms with Gasteiger partial charge in [0.05, 0.1) is 0 Å². The van der Waals surface area contributed by atoms with Crippen LogP contribution in [0.25, 0.3) is 17.2 Å². The Morgan fingerprint density at radius 3 is 2.30 bits per heavy atom. The Hall–Kier alpha value is -3.18. The molecule has 4 nitrogen and oxygen atoms in total. The Bertz CT molecular complexity index is 1000. The van der Waals surface area contributed by atoms with Gasteiger partial charge in [-0.2, -0.15) is 0 Å². The van der Waals surface area contributed by atoms with Gasteiger partial charge in [-0.05, 0) is 31.1 Å². The molecule has 27 heavy (non-hydrogen) atoms. The Labute approximate surface area is 161 Å². The van der Waals surface area contributed by atoms with Crippen LogP contribution in [0.15, 0.2) is 60.7 Å². The van der Waals surface area contributed by atoms with Crippen molar-refractivity contribution in [3.63, 3.8) is 0 Å². The van der Waals surface area contributed by atoms with Gasteiger partial charge >= 0.3 is 5.97 Å². The predicted octanol–water partition coefficient (Wildman–Crippen LogP) is 5.38. The van der Waals surface area contributed by atoms with Crippen LogP contribution in [-0.2, 0) is 4.79 Å². The van der Waals surface area contributed by atoms with E-state index in [0.29, 0.717) is 10.6 Å². The highest BCUT2D eigenvalue weighted by Gasteiger charge is 2.23. The van der Waals surface area contributed by atoms with Crippen LogP contribution < -0.4 is 5.32 Å². The van der Waals surface area contributed by atoms with E-state index >= 15 is 0 Å². The molecule has 1 amide bonds. The number of rotatable bonds is 5. The summed E-state index contributed by atoms with van der Waals surface area (Å²) in [6.07, 6.45) is 3.10. The number of anilines is 1. The van der Waals surface area contributed by atoms with Gasteiger partial charge in [0.15, 0.2) is 0 Å². The van der Waals surface area contributed by atoms with Crippen LogP contribution in [0.1, 0.15) is 26.4 Å². The van der Waals surface area contributed by atoms with Gasteiger partial charge in [0, 0.05) is 16.5 Å². The van der Waals surface area contributed by atoms with E-state index in [2.05, 4.69) is 5.32 Å². The molecule has 2 N–H and O–H groups in total. The summed E-state index contributed by atoms with van der Waals surface area (Å²) in [5, 5.41) is 12.8. The van der Waals surface area contributed by atoms with Crippen molar-refractivity contribution < 1.29 is 14.7 Å². The summed E-state index contributed by atoms with van der Waals surface area (Å²) in [6, 6.07) is 17.1. The number of aryl methyl sites for hydroxylation is 2. The van der Waals surface area contributed by atoms with Gasteiger partial charge in [-0.3, -0.25) is 4.79 Å². The fourth-order valence-corrected chi connectivity index (χ4v) is 3.87. The van der Waals surface area contributed by atoms with E-state index in [0.717, 1.165) is 21.6 Å². The van der Waals surface area contributed by atoms with Crippen LogP contribution in [0.3, 0.4) is 0 Å². The molecular weight excluding hydrogens is 358 g/mol. The summed E-state index contributed by atoms with van der Waals surface area (Å²) in [5.41, 5.74) is 3.60. The fourth-order valence-electron chi connectivity index (χ4n) is 2.79. The van der Waals surface area contributed by atoms with Crippen LogP contribution in [0.5, 0.6) is 0 Å². The molecule has 0 atom stereocenters. The number of carboxylic acid groups (broad SMARTS) is 1. The molecule has 0 saturated carbocycles. The topological polar surface area (TPSA) is 66.4 Å². The minimum absolute atomic E-state index is 0.128. The summed E-state index contributed by atoms with van der Waals surface area (Å²) in [5.74, 6) is -1.42. The van der Waals surface area contributed by atoms with E-state index in [1.165, 1.54) is 17.4 Å². The first-order valence-corrected chi connectivity index (χ1v) is 9.25. The SMILES string of the molecule is Cc1ccc(-c2c(C)sc(NC(=O)/C=C/c3ccccc3)c2C(=O)O)cc1. The van der Waals surface area contributed by atoms with Crippen LogP contribution in [0.2, 0.25) is 0 Å². The Morgan fingerprint density at radius 2 is 1.67 bits per heavy atom. The Kier molecular flexibility index (Phi) is 5.52. The van der Waals surface area contributed by atoms with Gasteiger partial charge in [0.25, 0.3) is 0 Å². The molecule has 0 unspecified atom stereocenters. The maximum absolute atomic E-state index is 12.3. The first-order valence-electron chi connectivity index (χ1n) is 8.43. The zero-order valence-electron chi connectivity index (χ0n) is 15.0. The number of hydrogen-bond donors (Lipinski definition) is 2. The van der Waals surface area contributed by atoms with Gasteiger partial charge < -0.3 is 10.4 Å². The molecule has 2 aromatic carbocycles. The van der Waals surface area contributed by atoms with E-state index < -0.39 is 5.97 Å². The molecule has 1 aromatic heterocycles. The van der Waals surface area contributed by atoms with E-state index in [-0.39, 0.29) is 11.5 Å². The minimum atomic E-state index is -1.06. The van der Waals surface area contributed by atoms with Crippen LogP contribution >= 0.6 is 11.3 Å². The second kappa shape index (κ2) is 8.01. The number of hydrogen-bond acceptors (Lipinski definition) is 3. The monoisotopic (exact) mass is 377 g/mol. The van der Waals surface area contributed by atoms with Gasteiger partial charge in [-0.15, -0.1) is 11.3 Å². The lowest BCUT2D eigenvalue weighted by atomic mass is 10.0. The molecule has 0 aliphatic rings. The molecule has 3 rings (SSSR count). The molecule has 0 aliphatic heterocycles. The van der Waals surface area contributed by atoms with Gasteiger partial charge in [-0.1, -0.05) is 60.2 Å². The minimum Gasteiger partial charge on any atom is -0.478 e. The summed E-state index contributed by atoms with van der Waals surface area (Å²) in [4.78, 5) is 25.0. The van der Waals surface area contributed by atoms with Crippen LogP contribution in [0.4, 0.5) is 5.00 Å². The third-order valence-electron chi connectivity index (χ3n) is 4.10. The molecule has 136 valence electrons. The number of amides is 1. The highest BCUT2D eigenvalue weighted by atomic mass is 32.1. The molecule has 0 bridgehead atoms. The molecule has 0 saturated heterocycles. The number of carbonyl (C=O) groups is 2. The normalized spacial score (nSPS) is 10.9. The van der Waals surface area contributed by atoms with Gasteiger partial charge in [0.1, 0.15) is 10.6 Å². The number of aromatic carboxylic acids is 1. The van der Waals surface area contributed by atoms with Crippen molar-refractivity contribution >= 4 is 34.3 Å². The van der Waals surface area contributed by atoms with Crippen LogP contribution in [0, 0.1) is 13.8 Å². The quantitative estimate of drug-likeness (QED) is 0.587. The molecule has 0 aliphatic carbocycles. The average Bonchev–Trinajstić information content (AvgIpc) is 2.97. The largest absolute Gasteiger partial charge is 0.478 e. The molecule has 0 fully saturated rings. The highest BCUT2D eigenvalue weighted by Crippen LogP contribution is 2.40. The summed E-state index contributed by atoms with van der Waals surface area (Å²) in [7, 11) is 0. The lowest BCUT2D eigenvalue weighted by Crippen LogP contribution is -2.10. The number of nitrogens with one attached hydrogen (secondary N) is 1. The zero-order chi connectivity index (χ0) is 19.4. The molecule has 0 radical (unpaired) electrons. The lowest BCUT2D eigenvalue weighted by molar-refractivity contribution is -0.111. The summed E-state index contributed by atoms with van der Waals surface area (Å²) >= 11 is 1.27. The van der Waals surface area contributed by atoms with Gasteiger partial charge in [-0.25, -0.2) is 4.79 Å². The number of carboxylic acids is 1. The fraction of sp³-hybridized carbons (Fsp3) is 0.0909. The first-order chi connectivity index (χ1) is 13.0. The van der Waals surface area contributed by atoms with Crippen molar-refractivity contribution in [2.24, 2.45) is 0 Å². The maximum Gasteiger partial charge on any atom is 0.339 e. The van der Waals surface area contributed by atoms with Crippen molar-refractivity contribution in [3.05, 3.63) is 82.2 Å². The molecular formula is C22H19NO3S. The number of benzene rings is 2. The van der Waals surface area contributed by atoms with Crippen LogP contribution in [-0.4, -0.2) is 17.0 Å². The van der Waals surface area contributed by atoms with E-state index in [9.17, 15) is 14.7 Å². The third-order valence-corrected chi connectivity index (χ3v) is 5.12. The number of carbonyl (C=O) groups excluding carboxylic acids is 1. The summed E-state index contributed by atoms with van der Waals surface area (Å²) < 4.78 is 0. The van der Waals surface area contributed by atoms with Crippen molar-refractivity contribution in [1.29, 1.82) is 0 Å². The second-order valence-electron chi connectivity index (χ2n) is 6.14. The molecule has 5 heteroatoms. The molecule has 1 heterocycles. The third kappa shape index (κ3) is 4.33. The van der Waals surface area contributed by atoms with Crippen molar-refractivity contribution in [1.82, 2.24) is 0 Å². The first kappa shape index (κ1) is 18.6. The standard InChI is InChI=1S/C22H19NO3S/c1-14-8-11-17(12-9-14)19-15(2)27-21(20(19)22(25)26)23-18(24)13-10-16-6-4-3-5-7-16/h3-13H,1-2H3,(H,23,24)(H,25,26)/b13-10+. The zero-order valence-corrected chi connectivity index (χ0v) is 15.8. The average molecular weight is 377 g/mol. The lowest BCUT2D eigenvalue weighted by Gasteiger charge is -2.05. The van der Waals surface area contributed by atoms with E-state index in [4.69, 9.17) is 0 Å². The maximum atomic E-state index is 12.3. The Morgan fingerprint density at radius 1 is 1.00 bits per heavy atom. The number of thiophene rings is 1. The molecule has 3 aromatic rings. The van der Waals surface area contributed by atoms with E-state index in [1.54, 1.807) is 6.08 Å². The molecule has 0 spiro atoms. The summed E-state index contributed by atoms with van der Waals surface area (Å²) in [6.45, 7) is 3.84. The van der Waals surface area contributed by atoms with E-state index in [1.807, 2.05) is 68.4 Å². The van der Waals surface area contributed by atoms with Crippen molar-refractivity contribution in [2.45, 2.75) is 13.8 Å². The van der Waals surface area contributed by atoms with Crippen molar-refractivity contribution in [3.8, 4) is 11.1 Å². The Balaban J connectivity index is 1.91. The van der Waals surface area contributed by atoms with Crippen molar-refractivity contribution in [2.75, 3.05) is 5.32 Å².